The summed E-state index contributed by atoms with van der Waals surface area (Å²) in [6.45, 7) is 6.08. The molecule has 0 saturated carbocycles. The van der Waals surface area contributed by atoms with Crippen LogP contribution in [0.4, 0.5) is 4.39 Å². The summed E-state index contributed by atoms with van der Waals surface area (Å²) in [5.74, 6) is 0.382. The lowest BCUT2D eigenvalue weighted by Crippen LogP contribution is -2.23. The lowest BCUT2D eigenvalue weighted by molar-refractivity contribution is 0.302. The molecular weight excluding hydrogens is 397 g/mol. The molecule has 2 aromatic heterocycles. The molecule has 0 radical (unpaired) electrons. The van der Waals surface area contributed by atoms with E-state index >= 15 is 0 Å². The van der Waals surface area contributed by atoms with Gasteiger partial charge in [-0.3, -0.25) is 4.98 Å². The van der Waals surface area contributed by atoms with E-state index in [-0.39, 0.29) is 18.1 Å². The Morgan fingerprint density at radius 2 is 1.81 bits per heavy atom. The zero-order valence-electron chi connectivity index (χ0n) is 17.8. The number of nitrogens with zero attached hydrogens (tertiary/aromatic N) is 5. The van der Waals surface area contributed by atoms with Gasteiger partial charge < -0.3 is 4.74 Å². The maximum absolute atomic E-state index is 13.6. The topological polar surface area (TPSA) is 74.8 Å². The van der Waals surface area contributed by atoms with Gasteiger partial charge in [0.1, 0.15) is 18.2 Å². The van der Waals surface area contributed by atoms with Gasteiger partial charge in [0.25, 0.3) is 0 Å². The van der Waals surface area contributed by atoms with Crippen molar-refractivity contribution in [2.45, 2.75) is 27.4 Å². The quantitative estimate of drug-likeness (QED) is 0.493. The number of benzene rings is 2. The molecule has 0 aliphatic heterocycles. The summed E-state index contributed by atoms with van der Waals surface area (Å²) < 4.78 is 22.2. The molecule has 2 heterocycles. The lowest BCUT2D eigenvalue weighted by Gasteiger charge is -2.16. The minimum atomic E-state index is -0.328. The Labute approximate surface area is 178 Å². The number of pyridine rings is 1. The molecule has 0 amide bonds. The van der Waals surface area contributed by atoms with Crippen molar-refractivity contribution in [1.82, 2.24) is 24.8 Å². The second-order valence-electron chi connectivity index (χ2n) is 7.45. The van der Waals surface area contributed by atoms with Gasteiger partial charge in [0.15, 0.2) is 0 Å². The van der Waals surface area contributed by atoms with Crippen LogP contribution in [0.15, 0.2) is 53.5 Å². The molecule has 2 aromatic carbocycles. The van der Waals surface area contributed by atoms with Crippen LogP contribution in [0, 0.1) is 26.6 Å². The average Bonchev–Trinajstić information content (AvgIpc) is 3.07. The van der Waals surface area contributed by atoms with E-state index in [0.29, 0.717) is 17.1 Å². The molecule has 31 heavy (non-hydrogen) atoms. The summed E-state index contributed by atoms with van der Waals surface area (Å²) in [5, 5.41) is 7.75. The van der Waals surface area contributed by atoms with Gasteiger partial charge in [-0.2, -0.15) is 9.36 Å². The molecule has 7 nitrogen and oxygen atoms in total. The third-order valence-electron chi connectivity index (χ3n) is 5.23. The molecule has 8 heteroatoms. The number of tetrazole rings is 1. The first-order chi connectivity index (χ1) is 14.8. The zero-order chi connectivity index (χ0) is 22.1. The van der Waals surface area contributed by atoms with Gasteiger partial charge in [-0.05, 0) is 72.2 Å². The predicted molar refractivity (Wildman–Crippen MR) is 115 cm³/mol. The molecular formula is C23H22FN5O2. The van der Waals surface area contributed by atoms with Crippen LogP contribution >= 0.6 is 0 Å². The molecule has 0 atom stereocenters. The summed E-state index contributed by atoms with van der Waals surface area (Å²) in [6, 6.07) is 12.2. The van der Waals surface area contributed by atoms with Gasteiger partial charge in [-0.1, -0.05) is 12.1 Å². The Bertz CT molecular complexity index is 1330. The molecule has 158 valence electrons. The second kappa shape index (κ2) is 8.14. The van der Waals surface area contributed by atoms with Crippen molar-refractivity contribution in [3.05, 3.63) is 87.2 Å². The second-order valence-corrected chi connectivity index (χ2v) is 7.45. The summed E-state index contributed by atoms with van der Waals surface area (Å²) >= 11 is 0. The minimum Gasteiger partial charge on any atom is -0.489 e. The maximum atomic E-state index is 13.6. The molecule has 0 spiro atoms. The molecule has 0 unspecified atom stereocenters. The highest BCUT2D eigenvalue weighted by atomic mass is 19.1. The van der Waals surface area contributed by atoms with Gasteiger partial charge in [0.05, 0.1) is 11.4 Å². The number of hydrogen-bond donors (Lipinski definition) is 0. The van der Waals surface area contributed by atoms with Gasteiger partial charge >= 0.3 is 5.69 Å². The molecule has 0 saturated heterocycles. The Hall–Kier alpha value is -3.81. The highest BCUT2D eigenvalue weighted by Crippen LogP contribution is 2.30. The number of hydrogen-bond acceptors (Lipinski definition) is 5. The van der Waals surface area contributed by atoms with Gasteiger partial charge in [-0.15, -0.1) is 0 Å². The predicted octanol–water partition coefficient (Wildman–Crippen LogP) is 3.67. The molecule has 0 fully saturated rings. The van der Waals surface area contributed by atoms with Crippen LogP contribution in [0.3, 0.4) is 0 Å². The standard InChI is InChI=1S/C23H22FN5O2/c1-14-6-5-7-21(29-23(30)28(4)26-27-29)19(14)13-31-22-11-15(2)18(10-16(22)3)20-12-17(24)8-9-25-20/h5-12H,13H2,1-4H3. The van der Waals surface area contributed by atoms with Crippen molar-refractivity contribution in [3.8, 4) is 22.7 Å². The van der Waals surface area contributed by atoms with E-state index in [0.717, 1.165) is 27.8 Å². The Kier molecular flexibility index (Phi) is 5.37. The number of aryl methyl sites for hydroxylation is 4. The number of ether oxygens (including phenoxy) is 1. The zero-order valence-corrected chi connectivity index (χ0v) is 17.8. The van der Waals surface area contributed by atoms with Crippen molar-refractivity contribution >= 4 is 0 Å². The third kappa shape index (κ3) is 3.96. The SMILES string of the molecule is Cc1cc(-c2cc(F)ccn2)c(C)cc1OCc1c(C)cccc1-n1nnn(C)c1=O. The number of halogens is 1. The van der Waals surface area contributed by atoms with Crippen molar-refractivity contribution in [2.24, 2.45) is 7.05 Å². The van der Waals surface area contributed by atoms with Crippen molar-refractivity contribution in [2.75, 3.05) is 0 Å². The van der Waals surface area contributed by atoms with Crippen LogP contribution in [-0.2, 0) is 13.7 Å². The van der Waals surface area contributed by atoms with E-state index in [1.165, 1.54) is 27.7 Å². The van der Waals surface area contributed by atoms with E-state index in [9.17, 15) is 9.18 Å². The highest BCUT2D eigenvalue weighted by Gasteiger charge is 2.15. The number of rotatable bonds is 5. The molecule has 4 aromatic rings. The van der Waals surface area contributed by atoms with E-state index in [1.54, 1.807) is 7.05 Å². The summed E-state index contributed by atoms with van der Waals surface area (Å²) in [6.07, 6.45) is 1.46. The Morgan fingerprint density at radius 1 is 1.00 bits per heavy atom. The van der Waals surface area contributed by atoms with Gasteiger partial charge in [0.2, 0.25) is 0 Å². The average molecular weight is 419 g/mol. The normalized spacial score (nSPS) is 11.0. The lowest BCUT2D eigenvalue weighted by atomic mass is 10.0. The molecule has 0 aliphatic rings. The van der Waals surface area contributed by atoms with Crippen LogP contribution in [0.2, 0.25) is 0 Å². The fourth-order valence-electron chi connectivity index (χ4n) is 3.46. The largest absolute Gasteiger partial charge is 0.489 e. The van der Waals surface area contributed by atoms with Crippen molar-refractivity contribution < 1.29 is 9.13 Å². The number of aromatic nitrogens is 5. The van der Waals surface area contributed by atoms with E-state index < -0.39 is 0 Å². The Morgan fingerprint density at radius 3 is 2.52 bits per heavy atom. The van der Waals surface area contributed by atoms with E-state index in [4.69, 9.17) is 4.74 Å². The van der Waals surface area contributed by atoms with Crippen LogP contribution in [0.1, 0.15) is 22.3 Å². The Balaban J connectivity index is 1.66. The van der Waals surface area contributed by atoms with Gasteiger partial charge in [0, 0.05) is 30.4 Å². The third-order valence-corrected chi connectivity index (χ3v) is 5.23. The first-order valence-electron chi connectivity index (χ1n) is 9.79. The fraction of sp³-hybridized carbons (Fsp3) is 0.217. The van der Waals surface area contributed by atoms with Crippen molar-refractivity contribution in [1.29, 1.82) is 0 Å². The molecule has 0 aliphatic carbocycles. The summed E-state index contributed by atoms with van der Waals surface area (Å²) in [7, 11) is 1.55. The highest BCUT2D eigenvalue weighted by molar-refractivity contribution is 5.66. The smallest absolute Gasteiger partial charge is 0.368 e. The maximum Gasteiger partial charge on any atom is 0.368 e. The molecule has 0 N–H and O–H groups in total. The fourth-order valence-corrected chi connectivity index (χ4v) is 3.46. The van der Waals surface area contributed by atoms with Crippen LogP contribution in [0.5, 0.6) is 5.75 Å². The first-order valence-corrected chi connectivity index (χ1v) is 9.79. The minimum absolute atomic E-state index is 0.253. The van der Waals surface area contributed by atoms with Crippen LogP contribution < -0.4 is 10.4 Å². The molecule has 4 rings (SSSR count). The first kappa shape index (κ1) is 20.5. The van der Waals surface area contributed by atoms with Crippen LogP contribution in [-0.4, -0.2) is 24.8 Å². The van der Waals surface area contributed by atoms with E-state index in [2.05, 4.69) is 15.4 Å². The van der Waals surface area contributed by atoms with E-state index in [1.807, 2.05) is 51.1 Å². The summed E-state index contributed by atoms with van der Waals surface area (Å²) in [4.78, 5) is 16.6. The van der Waals surface area contributed by atoms with Crippen LogP contribution in [0.25, 0.3) is 16.9 Å². The molecule has 0 bridgehead atoms. The summed E-state index contributed by atoms with van der Waals surface area (Å²) in [5.41, 5.74) is 5.39. The monoisotopic (exact) mass is 419 g/mol. The van der Waals surface area contributed by atoms with Gasteiger partial charge in [-0.25, -0.2) is 9.18 Å². The van der Waals surface area contributed by atoms with Crippen molar-refractivity contribution in [3.63, 3.8) is 0 Å².